The highest BCUT2D eigenvalue weighted by Gasteiger charge is 2.47. The van der Waals surface area contributed by atoms with Crippen LogP contribution in [0, 0.1) is 0 Å². The van der Waals surface area contributed by atoms with Gasteiger partial charge in [0.15, 0.2) is 0 Å². The molecule has 0 amide bonds. The fourth-order valence-corrected chi connectivity index (χ4v) is 0.576. The Kier molecular flexibility index (Phi) is 3.51. The molecule has 0 saturated carbocycles. The monoisotopic (exact) mass is 204 g/mol. The molecule has 0 saturated heterocycles. The van der Waals surface area contributed by atoms with E-state index < -0.39 is 23.5 Å². The van der Waals surface area contributed by atoms with Crippen LogP contribution >= 0.6 is 11.6 Å². The van der Waals surface area contributed by atoms with Crippen molar-refractivity contribution in [2.45, 2.75) is 19.2 Å². The number of halogens is 4. The van der Waals surface area contributed by atoms with Crippen LogP contribution in [-0.4, -0.2) is 23.5 Å². The summed E-state index contributed by atoms with van der Waals surface area (Å²) in [5.41, 5.74) is 0. The van der Waals surface area contributed by atoms with Crippen molar-refractivity contribution in [2.75, 3.05) is 0 Å². The number of alkyl halides is 3. The standard InChI is InChI=1S/C5H4ClF3O3/c1-2(10)12-3(4(6)11)5(7,8)9/h3H,1H3. The molecule has 12 heavy (non-hydrogen) atoms. The van der Waals surface area contributed by atoms with Crippen molar-refractivity contribution in [1.29, 1.82) is 0 Å². The summed E-state index contributed by atoms with van der Waals surface area (Å²) >= 11 is 4.54. The average Bonchev–Trinajstić information content (AvgIpc) is 1.79. The van der Waals surface area contributed by atoms with Gasteiger partial charge < -0.3 is 4.74 Å². The van der Waals surface area contributed by atoms with Gasteiger partial charge in [-0.3, -0.25) is 9.59 Å². The molecule has 70 valence electrons. The van der Waals surface area contributed by atoms with Gasteiger partial charge in [0.1, 0.15) is 0 Å². The lowest BCUT2D eigenvalue weighted by atomic mass is 10.4. The van der Waals surface area contributed by atoms with E-state index >= 15 is 0 Å². The first-order valence-electron chi connectivity index (χ1n) is 2.68. The minimum atomic E-state index is -4.95. The van der Waals surface area contributed by atoms with Crippen LogP contribution in [0.3, 0.4) is 0 Å². The number of hydrogen-bond donors (Lipinski definition) is 0. The molecule has 0 aromatic rings. The molecule has 0 spiro atoms. The Balaban J connectivity index is 4.46. The van der Waals surface area contributed by atoms with E-state index in [4.69, 9.17) is 0 Å². The number of esters is 1. The van der Waals surface area contributed by atoms with E-state index in [0.717, 1.165) is 6.92 Å². The molecule has 0 rings (SSSR count). The summed E-state index contributed by atoms with van der Waals surface area (Å²) in [6, 6.07) is 0. The van der Waals surface area contributed by atoms with Gasteiger partial charge in [-0.15, -0.1) is 0 Å². The van der Waals surface area contributed by atoms with E-state index in [9.17, 15) is 22.8 Å². The number of carbonyl (C=O) groups excluding carboxylic acids is 2. The molecule has 0 N–H and O–H groups in total. The van der Waals surface area contributed by atoms with Crippen LogP contribution in [0.1, 0.15) is 6.92 Å². The van der Waals surface area contributed by atoms with E-state index in [-0.39, 0.29) is 0 Å². The zero-order chi connectivity index (χ0) is 9.94. The quantitative estimate of drug-likeness (QED) is 0.502. The molecule has 0 aromatic heterocycles. The van der Waals surface area contributed by atoms with Crippen LogP contribution < -0.4 is 0 Å². The van der Waals surface area contributed by atoms with Crippen molar-refractivity contribution in [3.05, 3.63) is 0 Å². The van der Waals surface area contributed by atoms with Gasteiger partial charge in [0.2, 0.25) is 0 Å². The Bertz CT molecular complexity index is 201. The maximum Gasteiger partial charge on any atom is 0.434 e. The molecule has 7 heteroatoms. The smallest absolute Gasteiger partial charge is 0.434 e. The van der Waals surface area contributed by atoms with E-state index in [1.54, 1.807) is 0 Å². The molecule has 0 heterocycles. The van der Waals surface area contributed by atoms with Gasteiger partial charge >= 0.3 is 12.1 Å². The minimum absolute atomic E-state index is 0.749. The third-order valence-electron chi connectivity index (χ3n) is 0.787. The second-order valence-corrected chi connectivity index (χ2v) is 2.21. The molecule has 0 aliphatic rings. The van der Waals surface area contributed by atoms with Gasteiger partial charge in [0.05, 0.1) is 0 Å². The molecule has 0 bridgehead atoms. The van der Waals surface area contributed by atoms with E-state index in [1.165, 1.54) is 0 Å². The maximum atomic E-state index is 11.7. The normalized spacial score (nSPS) is 13.8. The Morgan fingerprint density at radius 1 is 1.42 bits per heavy atom. The predicted octanol–water partition coefficient (Wildman–Crippen LogP) is 1.25. The van der Waals surface area contributed by atoms with Crippen molar-refractivity contribution in [1.82, 2.24) is 0 Å². The summed E-state index contributed by atoms with van der Waals surface area (Å²) in [6.07, 6.45) is -7.82. The van der Waals surface area contributed by atoms with Crippen LogP contribution in [-0.2, 0) is 14.3 Å². The highest BCUT2D eigenvalue weighted by atomic mass is 35.5. The molecule has 0 aromatic carbocycles. The Labute approximate surface area is 70.4 Å². The summed E-state index contributed by atoms with van der Waals surface area (Å²) < 4.78 is 38.9. The first-order valence-corrected chi connectivity index (χ1v) is 3.06. The SMILES string of the molecule is CC(=O)OC(C(=O)Cl)C(F)(F)F. The Morgan fingerprint density at radius 3 is 1.92 bits per heavy atom. The van der Waals surface area contributed by atoms with Crippen LogP contribution in [0.15, 0.2) is 0 Å². The van der Waals surface area contributed by atoms with Crippen molar-refractivity contribution >= 4 is 22.8 Å². The predicted molar refractivity (Wildman–Crippen MR) is 32.5 cm³/mol. The zero-order valence-corrected chi connectivity index (χ0v) is 6.57. The molecule has 1 atom stereocenters. The van der Waals surface area contributed by atoms with E-state index in [2.05, 4.69) is 16.3 Å². The summed E-state index contributed by atoms with van der Waals surface area (Å²) in [5, 5.41) is -1.77. The van der Waals surface area contributed by atoms with Gasteiger partial charge in [-0.2, -0.15) is 13.2 Å². The van der Waals surface area contributed by atoms with Gasteiger partial charge in [0, 0.05) is 6.92 Å². The lowest BCUT2D eigenvalue weighted by Crippen LogP contribution is -2.37. The highest BCUT2D eigenvalue weighted by molar-refractivity contribution is 6.64. The Hall–Kier alpha value is -0.780. The summed E-state index contributed by atoms with van der Waals surface area (Å²) in [6.45, 7) is 0.749. The lowest BCUT2D eigenvalue weighted by molar-refractivity contribution is -0.214. The molecule has 1 unspecified atom stereocenters. The molecular weight excluding hydrogens is 200 g/mol. The van der Waals surface area contributed by atoms with Crippen LogP contribution in [0.25, 0.3) is 0 Å². The van der Waals surface area contributed by atoms with Gasteiger partial charge in [0.25, 0.3) is 11.3 Å². The van der Waals surface area contributed by atoms with Crippen molar-refractivity contribution < 1.29 is 27.5 Å². The minimum Gasteiger partial charge on any atom is -0.443 e. The molecule has 0 radical (unpaired) electrons. The van der Waals surface area contributed by atoms with Crippen molar-refractivity contribution in [2.24, 2.45) is 0 Å². The second kappa shape index (κ2) is 3.75. The summed E-state index contributed by atoms with van der Waals surface area (Å²) in [4.78, 5) is 20.2. The fourth-order valence-electron chi connectivity index (χ4n) is 0.408. The highest BCUT2D eigenvalue weighted by Crippen LogP contribution is 2.24. The Morgan fingerprint density at radius 2 is 1.83 bits per heavy atom. The van der Waals surface area contributed by atoms with E-state index in [0.29, 0.717) is 0 Å². The zero-order valence-electron chi connectivity index (χ0n) is 5.81. The van der Waals surface area contributed by atoms with Gasteiger partial charge in [-0.1, -0.05) is 0 Å². The first kappa shape index (κ1) is 11.2. The third kappa shape index (κ3) is 3.56. The van der Waals surface area contributed by atoms with Crippen molar-refractivity contribution in [3.63, 3.8) is 0 Å². The van der Waals surface area contributed by atoms with E-state index in [1.807, 2.05) is 0 Å². The first-order chi connectivity index (χ1) is 5.25. The molecule has 0 aliphatic carbocycles. The van der Waals surface area contributed by atoms with Crippen molar-refractivity contribution in [3.8, 4) is 0 Å². The summed E-state index contributed by atoms with van der Waals surface area (Å²) in [7, 11) is 0. The van der Waals surface area contributed by atoms with Gasteiger partial charge in [-0.05, 0) is 11.6 Å². The number of ether oxygens (including phenoxy) is 1. The largest absolute Gasteiger partial charge is 0.443 e. The topological polar surface area (TPSA) is 43.4 Å². The average molecular weight is 205 g/mol. The number of hydrogen-bond acceptors (Lipinski definition) is 3. The molecule has 0 aliphatic heterocycles. The lowest BCUT2D eigenvalue weighted by Gasteiger charge is -2.15. The van der Waals surface area contributed by atoms with Crippen LogP contribution in [0.5, 0.6) is 0 Å². The maximum absolute atomic E-state index is 11.7. The fraction of sp³-hybridized carbons (Fsp3) is 0.600. The van der Waals surface area contributed by atoms with Crippen LogP contribution in [0.2, 0.25) is 0 Å². The number of rotatable bonds is 2. The molecule has 0 fully saturated rings. The number of carbonyl (C=O) groups is 2. The van der Waals surface area contributed by atoms with Crippen LogP contribution in [0.4, 0.5) is 13.2 Å². The van der Waals surface area contributed by atoms with Gasteiger partial charge in [-0.25, -0.2) is 0 Å². The second-order valence-electron chi connectivity index (χ2n) is 1.84. The third-order valence-corrected chi connectivity index (χ3v) is 0.985. The summed E-state index contributed by atoms with van der Waals surface area (Å²) in [5.74, 6) is -1.22. The molecule has 3 nitrogen and oxygen atoms in total. The molecular formula is C5H4ClF3O3.